The summed E-state index contributed by atoms with van der Waals surface area (Å²) in [5, 5.41) is 0. The van der Waals surface area contributed by atoms with Gasteiger partial charge in [0.05, 0.1) is 12.0 Å². The van der Waals surface area contributed by atoms with Crippen LogP contribution in [0.25, 0.3) is 11.1 Å². The fourth-order valence-corrected chi connectivity index (χ4v) is 3.37. The molecule has 0 aromatic heterocycles. The molecule has 3 rings (SSSR count). The quantitative estimate of drug-likeness (QED) is 0.493. The molecule has 0 heterocycles. The van der Waals surface area contributed by atoms with Crippen LogP contribution in [0.3, 0.4) is 0 Å². The zero-order chi connectivity index (χ0) is 19.2. The molecule has 0 radical (unpaired) electrons. The number of carbonyl (C=O) groups excluding carboxylic acids is 1. The van der Waals surface area contributed by atoms with E-state index in [-0.39, 0.29) is 29.6 Å². The third-order valence-corrected chi connectivity index (χ3v) is 4.88. The zero-order valence-corrected chi connectivity index (χ0v) is 15.4. The molecule has 0 saturated heterocycles. The van der Waals surface area contributed by atoms with Crippen LogP contribution in [0.1, 0.15) is 39.0 Å². The second-order valence-corrected chi connectivity index (χ2v) is 6.91. The molecular weight excluding hydrogens is 350 g/mol. The van der Waals surface area contributed by atoms with Crippen LogP contribution in [-0.4, -0.2) is 18.7 Å². The van der Waals surface area contributed by atoms with Crippen molar-refractivity contribution in [2.45, 2.75) is 45.1 Å². The summed E-state index contributed by atoms with van der Waals surface area (Å²) in [5.74, 6) is -1.19. The number of benzene rings is 2. The van der Waals surface area contributed by atoms with E-state index in [1.165, 1.54) is 30.3 Å². The molecule has 27 heavy (non-hydrogen) atoms. The van der Waals surface area contributed by atoms with Crippen LogP contribution in [0.4, 0.5) is 8.78 Å². The Labute approximate surface area is 158 Å². The highest BCUT2D eigenvalue weighted by Crippen LogP contribution is 2.30. The predicted octanol–water partition coefficient (Wildman–Crippen LogP) is 5.52. The van der Waals surface area contributed by atoms with Gasteiger partial charge < -0.3 is 9.47 Å². The van der Waals surface area contributed by atoms with Crippen molar-refractivity contribution >= 4 is 5.97 Å². The van der Waals surface area contributed by atoms with Crippen LogP contribution in [0.5, 0.6) is 5.75 Å². The zero-order valence-electron chi connectivity index (χ0n) is 15.4. The molecule has 0 unspecified atom stereocenters. The number of carbonyl (C=O) groups is 1. The van der Waals surface area contributed by atoms with E-state index in [2.05, 4.69) is 6.92 Å². The van der Waals surface area contributed by atoms with Gasteiger partial charge in [-0.25, -0.2) is 8.78 Å². The molecule has 1 fully saturated rings. The molecule has 0 bridgehead atoms. The maximum absolute atomic E-state index is 14.4. The van der Waals surface area contributed by atoms with Gasteiger partial charge in [-0.1, -0.05) is 19.1 Å². The van der Waals surface area contributed by atoms with E-state index in [0.29, 0.717) is 11.1 Å². The van der Waals surface area contributed by atoms with Gasteiger partial charge in [-0.05, 0) is 61.9 Å². The highest BCUT2D eigenvalue weighted by molar-refractivity contribution is 5.75. The first-order valence-corrected chi connectivity index (χ1v) is 9.45. The van der Waals surface area contributed by atoms with E-state index >= 15 is 0 Å². The largest absolute Gasteiger partial charge is 0.426 e. The van der Waals surface area contributed by atoms with Gasteiger partial charge in [-0.2, -0.15) is 0 Å². The Morgan fingerprint density at radius 3 is 2.37 bits per heavy atom. The lowest BCUT2D eigenvalue weighted by Crippen LogP contribution is -2.29. The summed E-state index contributed by atoms with van der Waals surface area (Å²) in [6, 6.07) is 9.90. The number of rotatable bonds is 6. The Kier molecular flexibility index (Phi) is 6.56. The van der Waals surface area contributed by atoms with Crippen LogP contribution in [0, 0.1) is 17.6 Å². The Hall–Kier alpha value is -2.27. The van der Waals surface area contributed by atoms with Crippen molar-refractivity contribution in [3.05, 3.63) is 54.1 Å². The summed E-state index contributed by atoms with van der Waals surface area (Å²) in [6.45, 7) is 2.82. The molecule has 1 saturated carbocycles. The molecule has 5 heteroatoms. The lowest BCUT2D eigenvalue weighted by atomic mass is 9.87. The minimum Gasteiger partial charge on any atom is -0.426 e. The van der Waals surface area contributed by atoms with E-state index in [1.54, 1.807) is 12.1 Å². The second-order valence-electron chi connectivity index (χ2n) is 6.91. The molecule has 0 aliphatic heterocycles. The van der Waals surface area contributed by atoms with Crippen molar-refractivity contribution in [1.82, 2.24) is 0 Å². The average molecular weight is 374 g/mol. The third-order valence-electron chi connectivity index (χ3n) is 4.88. The molecule has 0 spiro atoms. The maximum Gasteiger partial charge on any atom is 0.314 e. The van der Waals surface area contributed by atoms with Gasteiger partial charge in [0.15, 0.2) is 0 Å². The molecular formula is C22H24F2O3. The molecule has 144 valence electrons. The van der Waals surface area contributed by atoms with Crippen molar-refractivity contribution < 1.29 is 23.0 Å². The maximum atomic E-state index is 14.4. The van der Waals surface area contributed by atoms with E-state index in [4.69, 9.17) is 9.47 Å². The summed E-state index contributed by atoms with van der Waals surface area (Å²) in [4.78, 5) is 12.4. The summed E-state index contributed by atoms with van der Waals surface area (Å²) < 4.78 is 38.5. The van der Waals surface area contributed by atoms with Gasteiger partial charge >= 0.3 is 5.97 Å². The number of esters is 1. The van der Waals surface area contributed by atoms with Crippen LogP contribution >= 0.6 is 0 Å². The summed E-state index contributed by atoms with van der Waals surface area (Å²) >= 11 is 0. The minimum absolute atomic E-state index is 0.175. The van der Waals surface area contributed by atoms with E-state index in [1.807, 2.05) is 0 Å². The second kappa shape index (κ2) is 9.09. The molecule has 2 aromatic rings. The topological polar surface area (TPSA) is 35.5 Å². The molecule has 0 amide bonds. The monoisotopic (exact) mass is 374 g/mol. The van der Waals surface area contributed by atoms with Crippen LogP contribution in [-0.2, 0) is 9.53 Å². The SMILES string of the molecule is CCCOC1CCC(C(=O)Oc2ccc(-c3ccc(F)cc3)c(F)c2)CC1. The number of hydrogen-bond acceptors (Lipinski definition) is 3. The van der Waals surface area contributed by atoms with Gasteiger partial charge in [0.1, 0.15) is 17.4 Å². The first-order valence-electron chi connectivity index (χ1n) is 9.45. The molecule has 1 aliphatic carbocycles. The van der Waals surface area contributed by atoms with Crippen molar-refractivity contribution in [2.24, 2.45) is 5.92 Å². The van der Waals surface area contributed by atoms with Crippen molar-refractivity contribution in [1.29, 1.82) is 0 Å². The summed E-state index contributed by atoms with van der Waals surface area (Å²) in [5.41, 5.74) is 0.903. The fourth-order valence-electron chi connectivity index (χ4n) is 3.37. The minimum atomic E-state index is -0.511. The fraction of sp³-hybridized carbons (Fsp3) is 0.409. The average Bonchev–Trinajstić information content (AvgIpc) is 2.68. The molecule has 2 aromatic carbocycles. The van der Waals surface area contributed by atoms with E-state index in [9.17, 15) is 13.6 Å². The highest BCUT2D eigenvalue weighted by atomic mass is 19.1. The third kappa shape index (κ3) is 5.13. The number of halogens is 2. The predicted molar refractivity (Wildman–Crippen MR) is 99.4 cm³/mol. The summed E-state index contributed by atoms with van der Waals surface area (Å²) in [7, 11) is 0. The Balaban J connectivity index is 1.59. The van der Waals surface area contributed by atoms with Gasteiger partial charge in [0.25, 0.3) is 0 Å². The number of hydrogen-bond donors (Lipinski definition) is 0. The van der Waals surface area contributed by atoms with Crippen LogP contribution in [0.15, 0.2) is 42.5 Å². The smallest absolute Gasteiger partial charge is 0.314 e. The van der Waals surface area contributed by atoms with Gasteiger partial charge in [-0.15, -0.1) is 0 Å². The van der Waals surface area contributed by atoms with Gasteiger partial charge in [0.2, 0.25) is 0 Å². The van der Waals surface area contributed by atoms with Crippen molar-refractivity contribution in [3.8, 4) is 16.9 Å². The first kappa shape index (κ1) is 19.5. The lowest BCUT2D eigenvalue weighted by Gasteiger charge is -2.27. The normalized spacial score (nSPS) is 19.7. The molecule has 1 aliphatic rings. The van der Waals surface area contributed by atoms with Crippen LogP contribution < -0.4 is 4.74 Å². The molecule has 0 atom stereocenters. The Morgan fingerprint density at radius 1 is 1.04 bits per heavy atom. The summed E-state index contributed by atoms with van der Waals surface area (Å²) in [6.07, 6.45) is 4.35. The lowest BCUT2D eigenvalue weighted by molar-refractivity contribution is -0.141. The van der Waals surface area contributed by atoms with Gasteiger partial charge in [-0.3, -0.25) is 4.79 Å². The standard InChI is InChI=1S/C22H24F2O3/c1-2-13-26-18-9-5-16(6-10-18)22(25)27-19-11-12-20(21(24)14-19)15-3-7-17(23)8-4-15/h3-4,7-8,11-12,14,16,18H,2,5-6,9-10,13H2,1H3. The van der Waals surface area contributed by atoms with E-state index < -0.39 is 5.82 Å². The molecule has 3 nitrogen and oxygen atoms in total. The first-order chi connectivity index (χ1) is 13.1. The number of ether oxygens (including phenoxy) is 2. The highest BCUT2D eigenvalue weighted by Gasteiger charge is 2.28. The van der Waals surface area contributed by atoms with E-state index in [0.717, 1.165) is 38.7 Å². The molecule has 0 N–H and O–H groups in total. The van der Waals surface area contributed by atoms with Gasteiger partial charge in [0, 0.05) is 18.2 Å². The van der Waals surface area contributed by atoms with Crippen LogP contribution in [0.2, 0.25) is 0 Å². The van der Waals surface area contributed by atoms with Crippen molar-refractivity contribution in [3.63, 3.8) is 0 Å². The Morgan fingerprint density at radius 2 is 1.74 bits per heavy atom. The van der Waals surface area contributed by atoms with Crippen molar-refractivity contribution in [2.75, 3.05) is 6.61 Å². The Bertz CT molecular complexity index is 766.